The van der Waals surface area contributed by atoms with Crippen LogP contribution in [-0.2, 0) is 10.0 Å². The van der Waals surface area contributed by atoms with Gasteiger partial charge in [0.2, 0.25) is 10.0 Å². The van der Waals surface area contributed by atoms with Gasteiger partial charge in [-0.2, -0.15) is 0 Å². The van der Waals surface area contributed by atoms with Crippen molar-refractivity contribution in [1.29, 1.82) is 0 Å². The molecule has 106 valence electrons. The Morgan fingerprint density at radius 3 is 2.50 bits per heavy atom. The first-order valence-electron chi connectivity index (χ1n) is 7.00. The number of nitrogens with zero attached hydrogens (tertiary/aromatic N) is 1. The van der Waals surface area contributed by atoms with Gasteiger partial charge in [0.25, 0.3) is 0 Å². The van der Waals surface area contributed by atoms with E-state index in [1.165, 1.54) is 19.1 Å². The van der Waals surface area contributed by atoms with Crippen LogP contribution < -0.4 is 5.73 Å². The molecule has 2 unspecified atom stereocenters. The van der Waals surface area contributed by atoms with E-state index in [2.05, 4.69) is 6.92 Å². The topological polar surface area (TPSA) is 63.4 Å². The summed E-state index contributed by atoms with van der Waals surface area (Å²) in [6.45, 7) is 4.40. The van der Waals surface area contributed by atoms with Crippen molar-refractivity contribution in [3.8, 4) is 0 Å². The van der Waals surface area contributed by atoms with Gasteiger partial charge in [-0.05, 0) is 55.9 Å². The van der Waals surface area contributed by atoms with Crippen LogP contribution in [-0.4, -0.2) is 38.6 Å². The summed E-state index contributed by atoms with van der Waals surface area (Å²) in [5.74, 6) is 1.26. The van der Waals surface area contributed by atoms with E-state index >= 15 is 0 Å². The van der Waals surface area contributed by atoms with Crippen molar-refractivity contribution < 1.29 is 8.42 Å². The Balaban J connectivity index is 1.97. The van der Waals surface area contributed by atoms with Crippen LogP contribution in [0.5, 0.6) is 0 Å². The Labute approximate surface area is 111 Å². The molecular formula is C13H26N2O2S. The van der Waals surface area contributed by atoms with Gasteiger partial charge in [-0.15, -0.1) is 0 Å². The smallest absolute Gasteiger partial charge is 0.211 e. The van der Waals surface area contributed by atoms with Crippen LogP contribution in [0.25, 0.3) is 0 Å². The molecule has 0 spiro atoms. The lowest BCUT2D eigenvalue weighted by atomic mass is 9.75. The highest BCUT2D eigenvalue weighted by molar-refractivity contribution is 7.88. The molecule has 1 saturated carbocycles. The van der Waals surface area contributed by atoms with Gasteiger partial charge in [-0.1, -0.05) is 6.92 Å². The first-order valence-corrected chi connectivity index (χ1v) is 8.85. The fourth-order valence-electron chi connectivity index (χ4n) is 3.35. The van der Waals surface area contributed by atoms with Gasteiger partial charge in [-0.25, -0.2) is 12.7 Å². The van der Waals surface area contributed by atoms with Crippen molar-refractivity contribution in [1.82, 2.24) is 4.31 Å². The van der Waals surface area contributed by atoms with Crippen molar-refractivity contribution in [2.24, 2.45) is 23.0 Å². The van der Waals surface area contributed by atoms with Crippen molar-refractivity contribution in [3.63, 3.8) is 0 Å². The number of nitrogens with two attached hydrogens (primary N) is 1. The average Bonchev–Trinajstić information content (AvgIpc) is 3.12. The molecule has 0 radical (unpaired) electrons. The molecule has 2 aliphatic rings. The molecule has 2 fully saturated rings. The molecule has 1 saturated heterocycles. The third-order valence-electron chi connectivity index (χ3n) is 4.73. The molecule has 4 nitrogen and oxygen atoms in total. The van der Waals surface area contributed by atoms with Crippen LogP contribution in [0.4, 0.5) is 0 Å². The van der Waals surface area contributed by atoms with E-state index in [1.807, 2.05) is 0 Å². The van der Waals surface area contributed by atoms with Crippen LogP contribution in [0.1, 0.15) is 39.0 Å². The molecule has 5 heteroatoms. The predicted octanol–water partition coefficient (Wildman–Crippen LogP) is 1.42. The average molecular weight is 274 g/mol. The van der Waals surface area contributed by atoms with E-state index in [0.717, 1.165) is 31.7 Å². The van der Waals surface area contributed by atoms with Gasteiger partial charge >= 0.3 is 0 Å². The zero-order chi connectivity index (χ0) is 13.4. The first kappa shape index (κ1) is 14.3. The second-order valence-electron chi connectivity index (χ2n) is 6.47. The van der Waals surface area contributed by atoms with Crippen molar-refractivity contribution in [3.05, 3.63) is 0 Å². The summed E-state index contributed by atoms with van der Waals surface area (Å²) in [7, 11) is -3.02. The summed E-state index contributed by atoms with van der Waals surface area (Å²) in [6.07, 6.45) is 7.14. The van der Waals surface area contributed by atoms with Crippen molar-refractivity contribution in [2.75, 3.05) is 25.9 Å². The summed E-state index contributed by atoms with van der Waals surface area (Å²) in [4.78, 5) is 0. The molecule has 0 bridgehead atoms. The Morgan fingerprint density at radius 1 is 1.33 bits per heavy atom. The first-order chi connectivity index (χ1) is 8.35. The Bertz CT molecular complexity index is 392. The molecule has 0 aromatic heterocycles. The second-order valence-corrected chi connectivity index (χ2v) is 8.45. The van der Waals surface area contributed by atoms with Gasteiger partial charge < -0.3 is 5.73 Å². The molecule has 0 amide bonds. The maximum absolute atomic E-state index is 11.6. The zero-order valence-corrected chi connectivity index (χ0v) is 12.4. The number of rotatable bonds is 5. The SMILES string of the molecule is CC(CN)(CC1CCCN(S(C)(=O)=O)C1)C1CC1. The van der Waals surface area contributed by atoms with Gasteiger partial charge in [0.1, 0.15) is 0 Å². The highest BCUT2D eigenvalue weighted by Crippen LogP contribution is 2.49. The molecule has 1 aliphatic carbocycles. The maximum Gasteiger partial charge on any atom is 0.211 e. The van der Waals surface area contributed by atoms with E-state index in [1.54, 1.807) is 4.31 Å². The largest absolute Gasteiger partial charge is 0.330 e. The second kappa shape index (κ2) is 5.10. The Morgan fingerprint density at radius 2 is 2.00 bits per heavy atom. The zero-order valence-electron chi connectivity index (χ0n) is 11.6. The summed E-state index contributed by atoms with van der Waals surface area (Å²) in [5.41, 5.74) is 6.18. The number of sulfonamides is 1. The van der Waals surface area contributed by atoms with E-state index < -0.39 is 10.0 Å². The van der Waals surface area contributed by atoms with E-state index in [9.17, 15) is 8.42 Å². The summed E-state index contributed by atoms with van der Waals surface area (Å²) < 4.78 is 24.9. The molecule has 0 aromatic carbocycles. The van der Waals surface area contributed by atoms with E-state index in [0.29, 0.717) is 19.0 Å². The fourth-order valence-corrected chi connectivity index (χ4v) is 4.29. The minimum absolute atomic E-state index is 0.227. The van der Waals surface area contributed by atoms with Crippen molar-refractivity contribution in [2.45, 2.75) is 39.0 Å². The lowest BCUT2D eigenvalue weighted by molar-refractivity contribution is 0.161. The van der Waals surface area contributed by atoms with Crippen LogP contribution in [0.2, 0.25) is 0 Å². The Hall–Kier alpha value is -0.130. The molecule has 2 atom stereocenters. The predicted molar refractivity (Wildman–Crippen MR) is 73.6 cm³/mol. The quantitative estimate of drug-likeness (QED) is 0.825. The number of hydrogen-bond acceptors (Lipinski definition) is 3. The van der Waals surface area contributed by atoms with Gasteiger partial charge in [0.15, 0.2) is 0 Å². The summed E-state index contributed by atoms with van der Waals surface area (Å²) >= 11 is 0. The third-order valence-corrected chi connectivity index (χ3v) is 6.00. The monoisotopic (exact) mass is 274 g/mol. The molecule has 18 heavy (non-hydrogen) atoms. The van der Waals surface area contributed by atoms with Crippen molar-refractivity contribution >= 4 is 10.0 Å². The van der Waals surface area contributed by atoms with E-state index in [4.69, 9.17) is 5.73 Å². The molecule has 0 aromatic rings. The van der Waals surface area contributed by atoms with Gasteiger partial charge in [0, 0.05) is 13.1 Å². The lowest BCUT2D eigenvalue weighted by Crippen LogP contribution is -2.42. The van der Waals surface area contributed by atoms with Crippen LogP contribution >= 0.6 is 0 Å². The molecule has 1 aliphatic heterocycles. The fraction of sp³-hybridized carbons (Fsp3) is 1.00. The standard InChI is InChI=1S/C13H26N2O2S/c1-13(10-14,12-5-6-12)8-11-4-3-7-15(9-11)18(2,16)17/h11-12H,3-10,14H2,1-2H3. The van der Waals surface area contributed by atoms with Crippen LogP contribution in [0, 0.1) is 17.3 Å². The van der Waals surface area contributed by atoms with Gasteiger partial charge in [0.05, 0.1) is 6.26 Å². The molecule has 1 heterocycles. The highest BCUT2D eigenvalue weighted by atomic mass is 32.2. The van der Waals surface area contributed by atoms with E-state index in [-0.39, 0.29) is 5.41 Å². The Kier molecular flexibility index (Phi) is 4.04. The number of hydrogen-bond donors (Lipinski definition) is 1. The van der Waals surface area contributed by atoms with Gasteiger partial charge in [-0.3, -0.25) is 0 Å². The van der Waals surface area contributed by atoms with Crippen LogP contribution in [0.3, 0.4) is 0 Å². The summed E-state index contributed by atoms with van der Waals surface area (Å²) in [5, 5.41) is 0. The molecule has 2 rings (SSSR count). The highest BCUT2D eigenvalue weighted by Gasteiger charge is 2.42. The lowest BCUT2D eigenvalue weighted by Gasteiger charge is -2.37. The maximum atomic E-state index is 11.6. The minimum atomic E-state index is -3.02. The summed E-state index contributed by atoms with van der Waals surface area (Å²) in [6, 6.07) is 0. The number of piperidine rings is 1. The minimum Gasteiger partial charge on any atom is -0.330 e. The molecular weight excluding hydrogens is 248 g/mol. The normalized spacial score (nSPS) is 30.1. The van der Waals surface area contributed by atoms with Crippen LogP contribution in [0.15, 0.2) is 0 Å². The third kappa shape index (κ3) is 3.25. The molecule has 2 N–H and O–H groups in total.